The van der Waals surface area contributed by atoms with Gasteiger partial charge in [0, 0.05) is 25.8 Å². The Morgan fingerprint density at radius 2 is 1.59 bits per heavy atom. The van der Waals surface area contributed by atoms with Crippen LogP contribution in [0.2, 0.25) is 10.0 Å². The number of benzene rings is 3. The van der Waals surface area contributed by atoms with Crippen molar-refractivity contribution in [1.29, 1.82) is 0 Å². The first-order chi connectivity index (χ1) is 14.0. The van der Waals surface area contributed by atoms with Crippen molar-refractivity contribution in [3.8, 4) is 17.1 Å². The number of rotatable bonds is 4. The molecule has 5 nitrogen and oxygen atoms in total. The molecule has 0 unspecified atom stereocenters. The standard InChI is InChI=1S/C21H13BrCl2N4O/c22-14-2-1-3-17(12-14)25-21(29)19-26-20(13-4-6-15(23)7-5-13)28(27-19)18-10-8-16(24)9-11-18/h1-12H,(H,25,29). The van der Waals surface area contributed by atoms with Gasteiger partial charge in [0.05, 0.1) is 5.69 Å². The third-order valence-electron chi connectivity index (χ3n) is 4.07. The van der Waals surface area contributed by atoms with Gasteiger partial charge < -0.3 is 5.32 Å². The van der Waals surface area contributed by atoms with E-state index in [1.807, 2.05) is 36.4 Å². The number of amides is 1. The number of halogens is 3. The summed E-state index contributed by atoms with van der Waals surface area (Å²) >= 11 is 15.4. The number of nitrogens with zero attached hydrogens (tertiary/aromatic N) is 3. The maximum absolute atomic E-state index is 12.8. The van der Waals surface area contributed by atoms with Gasteiger partial charge in [-0.2, -0.15) is 0 Å². The van der Waals surface area contributed by atoms with Crippen LogP contribution in [0.5, 0.6) is 0 Å². The Kier molecular flexibility index (Phi) is 5.67. The van der Waals surface area contributed by atoms with Crippen molar-refractivity contribution in [1.82, 2.24) is 14.8 Å². The van der Waals surface area contributed by atoms with E-state index >= 15 is 0 Å². The zero-order chi connectivity index (χ0) is 20.4. The fourth-order valence-corrected chi connectivity index (χ4v) is 3.36. The number of hydrogen-bond acceptors (Lipinski definition) is 3. The van der Waals surface area contributed by atoms with Gasteiger partial charge in [-0.3, -0.25) is 4.79 Å². The van der Waals surface area contributed by atoms with E-state index in [0.717, 1.165) is 15.7 Å². The zero-order valence-corrected chi connectivity index (χ0v) is 17.9. The largest absolute Gasteiger partial charge is 0.319 e. The van der Waals surface area contributed by atoms with Gasteiger partial charge in [0.1, 0.15) is 0 Å². The summed E-state index contributed by atoms with van der Waals surface area (Å²) in [6.45, 7) is 0. The van der Waals surface area contributed by atoms with Crippen LogP contribution in [0.4, 0.5) is 5.69 Å². The topological polar surface area (TPSA) is 59.8 Å². The molecule has 1 N–H and O–H groups in total. The molecule has 1 aromatic heterocycles. The van der Waals surface area contributed by atoms with Crippen LogP contribution in [0, 0.1) is 0 Å². The molecule has 1 heterocycles. The smallest absolute Gasteiger partial charge is 0.295 e. The Morgan fingerprint density at radius 3 is 2.24 bits per heavy atom. The third-order valence-corrected chi connectivity index (χ3v) is 5.06. The highest BCUT2D eigenvalue weighted by Crippen LogP contribution is 2.24. The zero-order valence-electron chi connectivity index (χ0n) is 14.8. The van der Waals surface area contributed by atoms with E-state index in [4.69, 9.17) is 23.2 Å². The number of carbonyl (C=O) groups excluding carboxylic acids is 1. The Morgan fingerprint density at radius 1 is 0.931 bits per heavy atom. The molecule has 29 heavy (non-hydrogen) atoms. The van der Waals surface area contributed by atoms with Crippen LogP contribution < -0.4 is 5.32 Å². The molecule has 0 spiro atoms. The van der Waals surface area contributed by atoms with Crippen LogP contribution in [-0.2, 0) is 0 Å². The van der Waals surface area contributed by atoms with Crippen LogP contribution in [0.25, 0.3) is 17.1 Å². The van der Waals surface area contributed by atoms with E-state index in [-0.39, 0.29) is 5.82 Å². The summed E-state index contributed by atoms with van der Waals surface area (Å²) in [6.07, 6.45) is 0. The Labute approximate surface area is 185 Å². The van der Waals surface area contributed by atoms with Crippen molar-refractivity contribution in [2.75, 3.05) is 5.32 Å². The number of carbonyl (C=O) groups is 1. The molecule has 3 aromatic carbocycles. The van der Waals surface area contributed by atoms with Crippen molar-refractivity contribution in [3.63, 3.8) is 0 Å². The average Bonchev–Trinajstić information content (AvgIpc) is 3.15. The quantitative estimate of drug-likeness (QED) is 0.369. The lowest BCUT2D eigenvalue weighted by Gasteiger charge is -2.06. The maximum atomic E-state index is 12.8. The summed E-state index contributed by atoms with van der Waals surface area (Å²) in [6, 6.07) is 21.6. The van der Waals surface area contributed by atoms with E-state index in [1.54, 1.807) is 41.1 Å². The second-order valence-corrected chi connectivity index (χ2v) is 7.91. The third kappa shape index (κ3) is 4.50. The minimum Gasteiger partial charge on any atom is -0.319 e. The minimum absolute atomic E-state index is 0.0462. The molecule has 0 radical (unpaired) electrons. The SMILES string of the molecule is O=C(Nc1cccc(Br)c1)c1nc(-c2ccc(Cl)cc2)n(-c2ccc(Cl)cc2)n1. The summed E-state index contributed by atoms with van der Waals surface area (Å²) in [5.41, 5.74) is 2.15. The summed E-state index contributed by atoms with van der Waals surface area (Å²) in [7, 11) is 0. The molecular weight excluding hydrogens is 475 g/mol. The van der Waals surface area contributed by atoms with Crippen molar-refractivity contribution < 1.29 is 4.79 Å². The van der Waals surface area contributed by atoms with Gasteiger partial charge in [0.2, 0.25) is 5.82 Å². The van der Waals surface area contributed by atoms with Crippen LogP contribution in [0.1, 0.15) is 10.6 Å². The molecule has 0 atom stereocenters. The average molecular weight is 488 g/mol. The first-order valence-electron chi connectivity index (χ1n) is 8.55. The van der Waals surface area contributed by atoms with E-state index in [9.17, 15) is 4.79 Å². The van der Waals surface area contributed by atoms with Crippen molar-refractivity contribution in [2.24, 2.45) is 0 Å². The van der Waals surface area contributed by atoms with Gasteiger partial charge in [-0.25, -0.2) is 9.67 Å². The van der Waals surface area contributed by atoms with Crippen LogP contribution in [0.15, 0.2) is 77.3 Å². The highest BCUT2D eigenvalue weighted by molar-refractivity contribution is 9.10. The van der Waals surface area contributed by atoms with Crippen LogP contribution in [-0.4, -0.2) is 20.7 Å². The highest BCUT2D eigenvalue weighted by atomic mass is 79.9. The predicted molar refractivity (Wildman–Crippen MR) is 119 cm³/mol. The molecule has 0 saturated carbocycles. The fourth-order valence-electron chi connectivity index (χ4n) is 2.71. The van der Waals surface area contributed by atoms with Crippen molar-refractivity contribution in [2.45, 2.75) is 0 Å². The monoisotopic (exact) mass is 486 g/mol. The van der Waals surface area contributed by atoms with Gasteiger partial charge in [-0.1, -0.05) is 45.2 Å². The molecule has 4 aromatic rings. The number of anilines is 1. The Bertz CT molecular complexity index is 1110. The molecule has 0 saturated heterocycles. The molecular formula is C21H13BrCl2N4O. The fraction of sp³-hybridized carbons (Fsp3) is 0. The lowest BCUT2D eigenvalue weighted by atomic mass is 10.2. The molecule has 1 amide bonds. The molecule has 0 fully saturated rings. The second kappa shape index (κ2) is 8.37. The minimum atomic E-state index is -0.411. The van der Waals surface area contributed by atoms with Crippen LogP contribution in [0.3, 0.4) is 0 Å². The first-order valence-corrected chi connectivity index (χ1v) is 10.1. The highest BCUT2D eigenvalue weighted by Gasteiger charge is 2.19. The predicted octanol–water partition coefficient (Wildman–Crippen LogP) is 6.26. The normalized spacial score (nSPS) is 10.7. The van der Waals surface area contributed by atoms with Crippen LogP contribution >= 0.6 is 39.1 Å². The first kappa shape index (κ1) is 19.6. The van der Waals surface area contributed by atoms with E-state index in [0.29, 0.717) is 21.6 Å². The molecule has 144 valence electrons. The van der Waals surface area contributed by atoms with E-state index in [1.165, 1.54) is 0 Å². The molecule has 4 rings (SSSR count). The number of aromatic nitrogens is 3. The summed E-state index contributed by atoms with van der Waals surface area (Å²) in [5.74, 6) is 0.152. The lowest BCUT2D eigenvalue weighted by Crippen LogP contribution is -2.14. The molecule has 0 aliphatic carbocycles. The molecule has 0 aliphatic heterocycles. The van der Waals surface area contributed by atoms with E-state index < -0.39 is 5.91 Å². The van der Waals surface area contributed by atoms with Gasteiger partial charge in [-0.15, -0.1) is 5.10 Å². The summed E-state index contributed by atoms with van der Waals surface area (Å²) in [4.78, 5) is 17.2. The summed E-state index contributed by atoms with van der Waals surface area (Å²) in [5, 5.41) is 8.46. The Hall–Kier alpha value is -2.67. The molecule has 8 heteroatoms. The maximum Gasteiger partial charge on any atom is 0.295 e. The molecule has 0 bridgehead atoms. The number of nitrogens with one attached hydrogen (secondary N) is 1. The summed E-state index contributed by atoms with van der Waals surface area (Å²) < 4.78 is 2.46. The van der Waals surface area contributed by atoms with Gasteiger partial charge in [0.15, 0.2) is 5.82 Å². The molecule has 0 aliphatic rings. The van der Waals surface area contributed by atoms with Crippen molar-refractivity contribution >= 4 is 50.7 Å². The Balaban J connectivity index is 1.75. The lowest BCUT2D eigenvalue weighted by molar-refractivity contribution is 0.101. The van der Waals surface area contributed by atoms with E-state index in [2.05, 4.69) is 31.3 Å². The van der Waals surface area contributed by atoms with Crippen molar-refractivity contribution in [3.05, 3.63) is 93.1 Å². The number of hydrogen-bond donors (Lipinski definition) is 1. The van der Waals surface area contributed by atoms with Gasteiger partial charge >= 0.3 is 0 Å². The second-order valence-electron chi connectivity index (χ2n) is 6.12. The van der Waals surface area contributed by atoms with Gasteiger partial charge in [-0.05, 0) is 66.7 Å². The van der Waals surface area contributed by atoms with Gasteiger partial charge in [0.25, 0.3) is 5.91 Å².